The maximum atomic E-state index is 11.7. The summed E-state index contributed by atoms with van der Waals surface area (Å²) in [6.07, 6.45) is -0.717. The fraction of sp³-hybridized carbons (Fsp3) is 0.500. The molecule has 0 radical (unpaired) electrons. The third-order valence-corrected chi connectivity index (χ3v) is 2.67. The second-order valence-electron chi connectivity index (χ2n) is 3.21. The van der Waals surface area contributed by atoms with Crippen LogP contribution in [0.4, 0.5) is 14.6 Å². The first kappa shape index (κ1) is 13.3. The van der Waals surface area contributed by atoms with Crippen LogP contribution in [0.1, 0.15) is 5.56 Å². The average Bonchev–Trinajstić information content (AvgIpc) is 2.22. The van der Waals surface area contributed by atoms with Gasteiger partial charge in [-0.3, -0.25) is 0 Å². The van der Waals surface area contributed by atoms with Crippen molar-refractivity contribution in [3.05, 3.63) is 22.3 Å². The summed E-state index contributed by atoms with van der Waals surface area (Å²) in [5.41, 5.74) is 1.06. The molecule has 3 nitrogen and oxygen atoms in total. The van der Waals surface area contributed by atoms with Crippen LogP contribution in [-0.2, 0) is 4.74 Å². The Bertz CT molecular complexity index is 337. The molecule has 0 aromatic carbocycles. The first-order valence-corrected chi connectivity index (χ1v) is 5.61. The Morgan fingerprint density at radius 3 is 2.94 bits per heavy atom. The molecule has 1 aromatic heterocycles. The van der Waals surface area contributed by atoms with Crippen LogP contribution in [0.25, 0.3) is 0 Å². The Balaban J connectivity index is 2.24. The third-order valence-electron chi connectivity index (χ3n) is 1.84. The standard InChI is InChI=1S/C10H13BrF2N2O/c1-7-4-10(15-5-8(7)11)14-2-3-16-6-9(12)13/h4-5,9H,2-3,6H2,1H3,(H,14,15). The predicted octanol–water partition coefficient (Wildman–Crippen LogP) is 2.85. The van der Waals surface area contributed by atoms with E-state index in [-0.39, 0.29) is 6.61 Å². The van der Waals surface area contributed by atoms with Gasteiger partial charge in [-0.05, 0) is 34.5 Å². The Kier molecular flexibility index (Phi) is 5.62. The van der Waals surface area contributed by atoms with E-state index in [1.54, 1.807) is 6.20 Å². The molecule has 0 aliphatic rings. The summed E-state index contributed by atoms with van der Waals surface area (Å²) >= 11 is 3.34. The van der Waals surface area contributed by atoms with Crippen molar-refractivity contribution in [1.82, 2.24) is 4.98 Å². The second-order valence-corrected chi connectivity index (χ2v) is 4.07. The highest BCUT2D eigenvalue weighted by Crippen LogP contribution is 2.16. The van der Waals surface area contributed by atoms with E-state index in [1.807, 2.05) is 13.0 Å². The van der Waals surface area contributed by atoms with Gasteiger partial charge in [0.2, 0.25) is 0 Å². The molecule has 16 heavy (non-hydrogen) atoms. The van der Waals surface area contributed by atoms with E-state index in [0.29, 0.717) is 12.4 Å². The van der Waals surface area contributed by atoms with Gasteiger partial charge in [0.1, 0.15) is 12.4 Å². The van der Waals surface area contributed by atoms with Crippen LogP contribution in [0.3, 0.4) is 0 Å². The summed E-state index contributed by atoms with van der Waals surface area (Å²) in [5.74, 6) is 0.710. The van der Waals surface area contributed by atoms with Crippen molar-refractivity contribution >= 4 is 21.7 Å². The van der Waals surface area contributed by atoms with Gasteiger partial charge in [-0.25, -0.2) is 13.8 Å². The number of anilines is 1. The molecule has 6 heteroatoms. The van der Waals surface area contributed by atoms with E-state index >= 15 is 0 Å². The lowest BCUT2D eigenvalue weighted by Gasteiger charge is -2.07. The molecular weight excluding hydrogens is 282 g/mol. The van der Waals surface area contributed by atoms with Crippen molar-refractivity contribution in [3.63, 3.8) is 0 Å². The lowest BCUT2D eigenvalue weighted by Crippen LogP contribution is -2.13. The number of rotatable bonds is 6. The molecule has 0 bridgehead atoms. The normalized spacial score (nSPS) is 10.8. The van der Waals surface area contributed by atoms with Gasteiger partial charge in [-0.2, -0.15) is 0 Å². The van der Waals surface area contributed by atoms with Gasteiger partial charge in [0.05, 0.1) is 6.61 Å². The fourth-order valence-corrected chi connectivity index (χ4v) is 1.28. The smallest absolute Gasteiger partial charge is 0.261 e. The second kappa shape index (κ2) is 6.75. The number of pyridine rings is 1. The number of ether oxygens (including phenoxy) is 1. The average molecular weight is 295 g/mol. The Hall–Kier alpha value is -0.750. The quantitative estimate of drug-likeness (QED) is 0.819. The molecule has 0 aliphatic carbocycles. The summed E-state index contributed by atoms with van der Waals surface area (Å²) in [6, 6.07) is 1.87. The van der Waals surface area contributed by atoms with Gasteiger partial charge in [0.25, 0.3) is 6.43 Å². The molecule has 0 spiro atoms. The molecule has 0 unspecified atom stereocenters. The first-order chi connectivity index (χ1) is 7.59. The van der Waals surface area contributed by atoms with Crippen LogP contribution in [0, 0.1) is 6.92 Å². The SMILES string of the molecule is Cc1cc(NCCOCC(F)F)ncc1Br. The molecule has 90 valence electrons. The molecule has 0 saturated heterocycles. The van der Waals surface area contributed by atoms with Crippen molar-refractivity contribution < 1.29 is 13.5 Å². The van der Waals surface area contributed by atoms with Crippen LogP contribution in [0.5, 0.6) is 0 Å². The number of alkyl halides is 2. The summed E-state index contributed by atoms with van der Waals surface area (Å²) < 4.78 is 29.1. The van der Waals surface area contributed by atoms with Crippen molar-refractivity contribution in [2.45, 2.75) is 13.3 Å². The maximum absolute atomic E-state index is 11.7. The number of nitrogens with zero attached hydrogens (tertiary/aromatic N) is 1. The summed E-state index contributed by atoms with van der Waals surface area (Å²) in [6.45, 7) is 2.13. The van der Waals surface area contributed by atoms with Gasteiger partial charge < -0.3 is 10.1 Å². The molecule has 1 heterocycles. The Morgan fingerprint density at radius 1 is 1.56 bits per heavy atom. The molecule has 0 fully saturated rings. The highest BCUT2D eigenvalue weighted by molar-refractivity contribution is 9.10. The van der Waals surface area contributed by atoms with Gasteiger partial charge in [0.15, 0.2) is 0 Å². The molecule has 0 saturated carbocycles. The minimum absolute atomic E-state index is 0.237. The number of aromatic nitrogens is 1. The third kappa shape index (κ3) is 4.85. The van der Waals surface area contributed by atoms with Crippen molar-refractivity contribution in [2.24, 2.45) is 0 Å². The van der Waals surface area contributed by atoms with Crippen LogP contribution in [0.15, 0.2) is 16.7 Å². The van der Waals surface area contributed by atoms with E-state index in [4.69, 9.17) is 4.74 Å². The highest BCUT2D eigenvalue weighted by atomic mass is 79.9. The zero-order chi connectivity index (χ0) is 12.0. The monoisotopic (exact) mass is 294 g/mol. The van der Waals surface area contributed by atoms with Gasteiger partial charge >= 0.3 is 0 Å². The molecule has 1 aromatic rings. The minimum Gasteiger partial charge on any atom is -0.374 e. The maximum Gasteiger partial charge on any atom is 0.261 e. The van der Waals surface area contributed by atoms with E-state index in [0.717, 1.165) is 10.0 Å². The van der Waals surface area contributed by atoms with E-state index < -0.39 is 13.0 Å². The molecule has 0 atom stereocenters. The summed E-state index contributed by atoms with van der Waals surface area (Å²) in [5, 5.41) is 2.98. The van der Waals surface area contributed by atoms with Crippen molar-refractivity contribution in [1.29, 1.82) is 0 Å². The van der Waals surface area contributed by atoms with Gasteiger partial charge in [-0.15, -0.1) is 0 Å². The molecule has 1 rings (SSSR count). The lowest BCUT2D eigenvalue weighted by atomic mass is 10.3. The highest BCUT2D eigenvalue weighted by Gasteiger charge is 2.01. The van der Waals surface area contributed by atoms with Crippen LogP contribution in [0.2, 0.25) is 0 Å². The van der Waals surface area contributed by atoms with Crippen molar-refractivity contribution in [3.8, 4) is 0 Å². The van der Waals surface area contributed by atoms with E-state index in [1.165, 1.54) is 0 Å². The fourth-order valence-electron chi connectivity index (χ4n) is 1.06. The van der Waals surface area contributed by atoms with Gasteiger partial charge in [-0.1, -0.05) is 0 Å². The minimum atomic E-state index is -2.41. The summed E-state index contributed by atoms with van der Waals surface area (Å²) in [7, 11) is 0. The molecule has 1 N–H and O–H groups in total. The zero-order valence-electron chi connectivity index (χ0n) is 8.84. The van der Waals surface area contributed by atoms with Gasteiger partial charge in [0, 0.05) is 17.2 Å². The molecular formula is C10H13BrF2N2O. The first-order valence-electron chi connectivity index (χ1n) is 4.81. The molecule has 0 aliphatic heterocycles. The van der Waals surface area contributed by atoms with Crippen LogP contribution < -0.4 is 5.32 Å². The zero-order valence-corrected chi connectivity index (χ0v) is 10.4. The Labute approximate surface area is 101 Å². The number of aryl methyl sites for hydroxylation is 1. The Morgan fingerprint density at radius 2 is 2.31 bits per heavy atom. The van der Waals surface area contributed by atoms with E-state index in [2.05, 4.69) is 26.2 Å². The predicted molar refractivity (Wildman–Crippen MR) is 62.0 cm³/mol. The lowest BCUT2D eigenvalue weighted by molar-refractivity contribution is 0.0215. The largest absolute Gasteiger partial charge is 0.374 e. The topological polar surface area (TPSA) is 34.1 Å². The van der Waals surface area contributed by atoms with Crippen LogP contribution in [-0.4, -0.2) is 31.2 Å². The number of halogens is 3. The number of nitrogens with one attached hydrogen (secondary N) is 1. The van der Waals surface area contributed by atoms with Crippen LogP contribution >= 0.6 is 15.9 Å². The number of hydrogen-bond acceptors (Lipinski definition) is 3. The summed E-state index contributed by atoms with van der Waals surface area (Å²) in [4.78, 5) is 4.11. The van der Waals surface area contributed by atoms with Crippen molar-refractivity contribution in [2.75, 3.05) is 25.1 Å². The number of hydrogen-bond donors (Lipinski definition) is 1. The molecule has 0 amide bonds. The van der Waals surface area contributed by atoms with E-state index in [9.17, 15) is 8.78 Å².